The van der Waals surface area contributed by atoms with E-state index in [0.717, 1.165) is 5.56 Å². The van der Waals surface area contributed by atoms with E-state index >= 15 is 0 Å². The molecule has 1 atom stereocenters. The molecule has 0 saturated carbocycles. The quantitative estimate of drug-likeness (QED) is 0.833. The smallest absolute Gasteiger partial charge is 0.326 e. The Morgan fingerprint density at radius 2 is 1.70 bits per heavy atom. The second-order valence-corrected chi connectivity index (χ2v) is 4.93. The lowest BCUT2D eigenvalue weighted by atomic mass is 10.1. The highest BCUT2D eigenvalue weighted by Crippen LogP contribution is 2.17. The summed E-state index contributed by atoms with van der Waals surface area (Å²) < 4.78 is 10.4. The molecule has 120 valence electrons. The Labute approximate surface area is 135 Å². The molecule has 0 unspecified atom stereocenters. The van der Waals surface area contributed by atoms with Gasteiger partial charge < -0.3 is 14.8 Å². The van der Waals surface area contributed by atoms with E-state index in [9.17, 15) is 9.59 Å². The molecule has 0 radical (unpaired) electrons. The largest absolute Gasteiger partial charge is 0.496 e. The molecule has 0 fully saturated rings. The molecule has 2 aromatic rings. The zero-order valence-corrected chi connectivity index (χ0v) is 13.1. The minimum Gasteiger partial charge on any atom is -0.496 e. The van der Waals surface area contributed by atoms with E-state index in [1.54, 1.807) is 31.2 Å². The van der Waals surface area contributed by atoms with Crippen molar-refractivity contribution >= 4 is 11.9 Å². The first-order valence-electron chi connectivity index (χ1n) is 7.27. The summed E-state index contributed by atoms with van der Waals surface area (Å²) in [6, 6.07) is 16.2. The second-order valence-electron chi connectivity index (χ2n) is 4.93. The predicted octanol–water partition coefficient (Wildman–Crippen LogP) is 2.73. The van der Waals surface area contributed by atoms with Crippen molar-refractivity contribution in [2.45, 2.75) is 13.0 Å². The van der Waals surface area contributed by atoms with Crippen molar-refractivity contribution in [3.8, 4) is 5.75 Å². The maximum Gasteiger partial charge on any atom is 0.326 e. The molecule has 0 aliphatic rings. The summed E-state index contributed by atoms with van der Waals surface area (Å²) in [4.78, 5) is 23.9. The van der Waals surface area contributed by atoms with Crippen LogP contribution in [0.5, 0.6) is 5.75 Å². The van der Waals surface area contributed by atoms with Gasteiger partial charge in [0.25, 0.3) is 5.91 Å². The van der Waals surface area contributed by atoms with E-state index in [2.05, 4.69) is 5.32 Å². The van der Waals surface area contributed by atoms with Crippen LogP contribution in [0.15, 0.2) is 54.6 Å². The number of hydrogen-bond donors (Lipinski definition) is 1. The number of amides is 1. The number of para-hydroxylation sites is 1. The molecular formula is C18H19NO4. The lowest BCUT2D eigenvalue weighted by Gasteiger charge is -2.14. The number of carbonyl (C=O) groups excluding carboxylic acids is 2. The van der Waals surface area contributed by atoms with Gasteiger partial charge in [-0.15, -0.1) is 0 Å². The molecule has 0 bridgehead atoms. The molecule has 0 heterocycles. The third-order valence-corrected chi connectivity index (χ3v) is 3.32. The van der Waals surface area contributed by atoms with Crippen LogP contribution in [0.25, 0.3) is 0 Å². The highest BCUT2D eigenvalue weighted by atomic mass is 16.5. The molecule has 1 N–H and O–H groups in total. The van der Waals surface area contributed by atoms with E-state index in [-0.39, 0.29) is 18.6 Å². The van der Waals surface area contributed by atoms with Crippen LogP contribution in [-0.4, -0.2) is 25.5 Å². The summed E-state index contributed by atoms with van der Waals surface area (Å²) in [6.45, 7) is 1.59. The Bertz CT molecular complexity index is 670. The Morgan fingerprint density at radius 1 is 1.04 bits per heavy atom. The van der Waals surface area contributed by atoms with Crippen LogP contribution in [0.3, 0.4) is 0 Å². The fraction of sp³-hybridized carbons (Fsp3) is 0.222. The van der Waals surface area contributed by atoms with Crippen molar-refractivity contribution in [1.29, 1.82) is 0 Å². The third kappa shape index (κ3) is 4.57. The Balaban J connectivity index is 1.88. The summed E-state index contributed by atoms with van der Waals surface area (Å²) >= 11 is 0. The maximum absolute atomic E-state index is 12.1. The zero-order chi connectivity index (χ0) is 16.7. The average molecular weight is 313 g/mol. The highest BCUT2D eigenvalue weighted by Gasteiger charge is 2.15. The van der Waals surface area contributed by atoms with E-state index in [4.69, 9.17) is 9.47 Å². The molecule has 5 nitrogen and oxygen atoms in total. The van der Waals surface area contributed by atoms with Gasteiger partial charge in [0.05, 0.1) is 12.7 Å². The van der Waals surface area contributed by atoms with Gasteiger partial charge in [-0.25, -0.2) is 0 Å². The Morgan fingerprint density at radius 3 is 2.39 bits per heavy atom. The van der Waals surface area contributed by atoms with Gasteiger partial charge in [-0.1, -0.05) is 42.5 Å². The summed E-state index contributed by atoms with van der Waals surface area (Å²) in [5.74, 6) is -0.424. The molecule has 2 rings (SSSR count). The van der Waals surface area contributed by atoms with E-state index < -0.39 is 5.97 Å². The van der Waals surface area contributed by atoms with E-state index in [1.165, 1.54) is 7.11 Å². The topological polar surface area (TPSA) is 64.6 Å². The normalized spacial score (nSPS) is 11.4. The van der Waals surface area contributed by atoms with Gasteiger partial charge >= 0.3 is 5.97 Å². The SMILES string of the molecule is COc1ccccc1C(=O)NCC(=O)O[C@H](C)c1ccccc1. The fourth-order valence-electron chi connectivity index (χ4n) is 2.11. The molecule has 23 heavy (non-hydrogen) atoms. The van der Waals surface area contributed by atoms with Gasteiger partial charge in [0.2, 0.25) is 0 Å². The van der Waals surface area contributed by atoms with E-state index in [0.29, 0.717) is 11.3 Å². The fourth-order valence-corrected chi connectivity index (χ4v) is 2.11. The summed E-state index contributed by atoms with van der Waals surface area (Å²) in [5.41, 5.74) is 1.27. The van der Waals surface area contributed by atoms with Crippen molar-refractivity contribution < 1.29 is 19.1 Å². The van der Waals surface area contributed by atoms with E-state index in [1.807, 2.05) is 30.3 Å². The minimum atomic E-state index is -0.496. The number of nitrogens with one attached hydrogen (secondary N) is 1. The lowest BCUT2D eigenvalue weighted by molar-refractivity contribution is -0.147. The number of hydrogen-bond acceptors (Lipinski definition) is 4. The first-order chi connectivity index (χ1) is 11.1. The first-order valence-corrected chi connectivity index (χ1v) is 7.27. The van der Waals surface area contributed by atoms with Gasteiger partial charge in [-0.2, -0.15) is 0 Å². The molecule has 0 spiro atoms. The van der Waals surface area contributed by atoms with Crippen molar-refractivity contribution in [3.05, 3.63) is 65.7 Å². The van der Waals surface area contributed by atoms with Gasteiger partial charge in [0.15, 0.2) is 0 Å². The standard InChI is InChI=1S/C18H19NO4/c1-13(14-8-4-3-5-9-14)23-17(20)12-19-18(21)15-10-6-7-11-16(15)22-2/h3-11,13H,12H2,1-2H3,(H,19,21)/t13-/m1/s1. The molecule has 1 amide bonds. The summed E-state index contributed by atoms with van der Waals surface area (Å²) in [6.07, 6.45) is -0.369. The highest BCUT2D eigenvalue weighted by molar-refractivity contribution is 5.98. The Kier molecular flexibility index (Phi) is 5.74. The molecule has 5 heteroatoms. The van der Waals surface area contributed by atoms with Crippen LogP contribution >= 0.6 is 0 Å². The summed E-state index contributed by atoms with van der Waals surface area (Å²) in [7, 11) is 1.49. The number of benzene rings is 2. The van der Waals surface area contributed by atoms with Gasteiger partial charge in [-0.05, 0) is 24.6 Å². The predicted molar refractivity (Wildman–Crippen MR) is 86.3 cm³/mol. The second kappa shape index (κ2) is 7.98. The Hall–Kier alpha value is -2.82. The monoisotopic (exact) mass is 313 g/mol. The van der Waals surface area contributed by atoms with Crippen LogP contribution in [0.1, 0.15) is 28.9 Å². The van der Waals surface area contributed by atoms with Crippen LogP contribution in [0, 0.1) is 0 Å². The molecule has 2 aromatic carbocycles. The zero-order valence-electron chi connectivity index (χ0n) is 13.1. The molecule has 0 saturated heterocycles. The van der Waals surface area contributed by atoms with Crippen molar-refractivity contribution in [3.63, 3.8) is 0 Å². The van der Waals surface area contributed by atoms with Crippen LogP contribution < -0.4 is 10.1 Å². The van der Waals surface area contributed by atoms with Gasteiger partial charge in [0.1, 0.15) is 18.4 Å². The molecule has 0 aliphatic heterocycles. The third-order valence-electron chi connectivity index (χ3n) is 3.32. The number of carbonyl (C=O) groups is 2. The lowest BCUT2D eigenvalue weighted by Crippen LogP contribution is -2.31. The summed E-state index contributed by atoms with van der Waals surface area (Å²) in [5, 5.41) is 2.54. The number of methoxy groups -OCH3 is 1. The van der Waals surface area contributed by atoms with Crippen LogP contribution in [0.2, 0.25) is 0 Å². The van der Waals surface area contributed by atoms with Gasteiger partial charge in [-0.3, -0.25) is 9.59 Å². The molecular weight excluding hydrogens is 294 g/mol. The number of esters is 1. The van der Waals surface area contributed by atoms with Gasteiger partial charge in [0, 0.05) is 0 Å². The first kappa shape index (κ1) is 16.5. The van der Waals surface area contributed by atoms with Crippen LogP contribution in [0.4, 0.5) is 0 Å². The van der Waals surface area contributed by atoms with Crippen LogP contribution in [-0.2, 0) is 9.53 Å². The maximum atomic E-state index is 12.1. The number of ether oxygens (including phenoxy) is 2. The number of rotatable bonds is 6. The molecule has 0 aromatic heterocycles. The minimum absolute atomic E-state index is 0.200. The van der Waals surface area contributed by atoms with Crippen molar-refractivity contribution in [2.75, 3.05) is 13.7 Å². The van der Waals surface area contributed by atoms with Crippen molar-refractivity contribution in [2.24, 2.45) is 0 Å². The molecule has 0 aliphatic carbocycles. The average Bonchev–Trinajstić information content (AvgIpc) is 2.60. The van der Waals surface area contributed by atoms with Crippen molar-refractivity contribution in [1.82, 2.24) is 5.32 Å².